The number of aromatic nitrogens is 4. The molecule has 0 aliphatic carbocycles. The first-order valence-electron chi connectivity index (χ1n) is 19.3. The van der Waals surface area contributed by atoms with E-state index in [9.17, 15) is 0 Å². The number of hydrogen-bond donors (Lipinski definition) is 0. The molecule has 0 atom stereocenters. The molecule has 0 aliphatic rings. The SMILES string of the molecule is c1ccc(-c2cccc3oc4cc(-c5nc(-c6cccc7oc8ccccc8c67)nc(-n6c7ccccc7c7cc8c(cc76)oc6ccccc68)n5)ccc4c23)cc1. The summed E-state index contributed by atoms with van der Waals surface area (Å²) in [4.78, 5) is 15.9. The summed E-state index contributed by atoms with van der Waals surface area (Å²) < 4.78 is 21.5. The first-order chi connectivity index (χ1) is 28.7. The molecule has 0 saturated heterocycles. The lowest BCUT2D eigenvalue weighted by molar-refractivity contribution is 0.668. The van der Waals surface area contributed by atoms with Gasteiger partial charge in [-0.25, -0.2) is 4.98 Å². The number of hydrogen-bond acceptors (Lipinski definition) is 6. The van der Waals surface area contributed by atoms with Crippen LogP contribution in [0.4, 0.5) is 0 Å². The molecule has 270 valence electrons. The van der Waals surface area contributed by atoms with E-state index in [1.165, 1.54) is 0 Å². The summed E-state index contributed by atoms with van der Waals surface area (Å²) in [6.07, 6.45) is 0. The normalized spacial score (nSPS) is 12.1. The van der Waals surface area contributed by atoms with Crippen LogP contribution in [-0.2, 0) is 0 Å². The Morgan fingerprint density at radius 2 is 0.931 bits per heavy atom. The van der Waals surface area contributed by atoms with Crippen molar-refractivity contribution in [1.29, 1.82) is 0 Å². The van der Waals surface area contributed by atoms with Crippen LogP contribution in [0, 0.1) is 0 Å². The molecule has 7 nitrogen and oxygen atoms in total. The Kier molecular flexibility index (Phi) is 6.32. The fourth-order valence-electron chi connectivity index (χ4n) is 8.90. The maximum absolute atomic E-state index is 6.57. The van der Waals surface area contributed by atoms with Gasteiger partial charge in [0.25, 0.3) is 0 Å². The monoisotopic (exact) mass is 744 g/mol. The van der Waals surface area contributed by atoms with Crippen molar-refractivity contribution in [3.8, 4) is 39.9 Å². The minimum absolute atomic E-state index is 0.488. The zero-order valence-electron chi connectivity index (χ0n) is 30.7. The van der Waals surface area contributed by atoms with E-state index in [2.05, 4.69) is 102 Å². The van der Waals surface area contributed by atoms with Gasteiger partial charge in [-0.05, 0) is 59.7 Å². The lowest BCUT2D eigenvalue weighted by Gasteiger charge is -2.11. The molecular formula is C51H28N4O3. The zero-order chi connectivity index (χ0) is 37.9. The Bertz CT molecular complexity index is 3810. The third kappa shape index (κ3) is 4.46. The highest BCUT2D eigenvalue weighted by molar-refractivity contribution is 6.18. The number of rotatable bonds is 4. The number of para-hydroxylation sites is 3. The number of fused-ring (bicyclic) bond motifs is 12. The lowest BCUT2D eigenvalue weighted by atomic mass is 9.99. The van der Waals surface area contributed by atoms with Gasteiger partial charge >= 0.3 is 0 Å². The highest BCUT2D eigenvalue weighted by Gasteiger charge is 2.22. The molecule has 8 aromatic carbocycles. The molecule has 58 heavy (non-hydrogen) atoms. The van der Waals surface area contributed by atoms with Crippen LogP contribution >= 0.6 is 0 Å². The van der Waals surface area contributed by atoms with Gasteiger partial charge in [-0.3, -0.25) is 4.57 Å². The van der Waals surface area contributed by atoms with Crippen LogP contribution in [-0.4, -0.2) is 19.5 Å². The van der Waals surface area contributed by atoms with Gasteiger partial charge in [0.15, 0.2) is 11.6 Å². The molecule has 13 aromatic rings. The van der Waals surface area contributed by atoms with E-state index in [0.29, 0.717) is 17.6 Å². The quantitative estimate of drug-likeness (QED) is 0.178. The van der Waals surface area contributed by atoms with Gasteiger partial charge in [0.2, 0.25) is 5.95 Å². The number of nitrogens with zero attached hydrogens (tertiary/aromatic N) is 4. The largest absolute Gasteiger partial charge is 0.456 e. The maximum Gasteiger partial charge on any atom is 0.238 e. The molecular weight excluding hydrogens is 717 g/mol. The lowest BCUT2D eigenvalue weighted by Crippen LogP contribution is -2.06. The van der Waals surface area contributed by atoms with E-state index < -0.39 is 0 Å². The molecule has 5 heterocycles. The fourth-order valence-corrected chi connectivity index (χ4v) is 8.90. The topological polar surface area (TPSA) is 83.0 Å². The highest BCUT2D eigenvalue weighted by Crippen LogP contribution is 2.41. The number of furan rings is 3. The molecule has 7 heteroatoms. The second-order valence-corrected chi connectivity index (χ2v) is 14.7. The van der Waals surface area contributed by atoms with Crippen molar-refractivity contribution < 1.29 is 13.3 Å². The fraction of sp³-hybridized carbons (Fsp3) is 0. The van der Waals surface area contributed by atoms with E-state index in [1.807, 2.05) is 72.8 Å². The van der Waals surface area contributed by atoms with Crippen molar-refractivity contribution in [3.05, 3.63) is 170 Å². The average molecular weight is 745 g/mol. The highest BCUT2D eigenvalue weighted by atomic mass is 16.3. The molecule has 0 spiro atoms. The Labute approximate surface area is 329 Å². The van der Waals surface area contributed by atoms with Crippen LogP contribution in [0.3, 0.4) is 0 Å². The van der Waals surface area contributed by atoms with Gasteiger partial charge in [0.05, 0.1) is 11.0 Å². The summed E-state index contributed by atoms with van der Waals surface area (Å²) >= 11 is 0. The first kappa shape index (κ1) is 31.2. The molecule has 0 aliphatic heterocycles. The summed E-state index contributed by atoms with van der Waals surface area (Å²) in [6, 6.07) is 58.0. The minimum atomic E-state index is 0.488. The standard InChI is InChI=1S/C51H28N4O3/c1-2-12-29(13-3-1)31-17-10-22-43-47(31)35-25-24-30(26-45(35)58-43)49-52-50(36-18-11-23-44-48(36)34-16-6-9-21-42(34)56-44)54-51(53-49)55-39-19-7-4-14-32(39)37-27-38-33-15-5-8-20-41(33)57-46(38)28-40(37)55/h1-28H. The number of benzene rings is 8. The smallest absolute Gasteiger partial charge is 0.238 e. The van der Waals surface area contributed by atoms with Crippen molar-refractivity contribution in [3.63, 3.8) is 0 Å². The van der Waals surface area contributed by atoms with E-state index in [4.69, 9.17) is 28.2 Å². The van der Waals surface area contributed by atoms with Crippen LogP contribution in [0.5, 0.6) is 0 Å². The van der Waals surface area contributed by atoms with E-state index in [0.717, 1.165) is 110 Å². The summed E-state index contributed by atoms with van der Waals surface area (Å²) in [7, 11) is 0. The van der Waals surface area contributed by atoms with Crippen molar-refractivity contribution in [2.75, 3.05) is 0 Å². The van der Waals surface area contributed by atoms with Crippen LogP contribution in [0.15, 0.2) is 183 Å². The zero-order valence-corrected chi connectivity index (χ0v) is 30.7. The van der Waals surface area contributed by atoms with E-state index in [1.54, 1.807) is 0 Å². The molecule has 13 rings (SSSR count). The predicted molar refractivity (Wildman–Crippen MR) is 232 cm³/mol. The van der Waals surface area contributed by atoms with Gasteiger partial charge in [0.1, 0.15) is 33.5 Å². The molecule has 5 aromatic heterocycles. The van der Waals surface area contributed by atoms with Crippen molar-refractivity contribution in [2.24, 2.45) is 0 Å². The van der Waals surface area contributed by atoms with E-state index in [-0.39, 0.29) is 0 Å². The predicted octanol–water partition coefficient (Wildman–Crippen LogP) is 13.7. The third-order valence-corrected chi connectivity index (χ3v) is 11.5. The van der Waals surface area contributed by atoms with Gasteiger partial charge in [-0.15, -0.1) is 0 Å². The molecule has 0 fully saturated rings. The van der Waals surface area contributed by atoms with Crippen LogP contribution in [0.25, 0.3) is 127 Å². The summed E-state index contributed by atoms with van der Waals surface area (Å²) in [5, 5.41) is 8.38. The average Bonchev–Trinajstić information content (AvgIpc) is 4.04. The van der Waals surface area contributed by atoms with Gasteiger partial charge in [0, 0.05) is 60.3 Å². The van der Waals surface area contributed by atoms with Crippen molar-refractivity contribution in [2.45, 2.75) is 0 Å². The van der Waals surface area contributed by atoms with Gasteiger partial charge in [-0.1, -0.05) is 115 Å². The summed E-state index contributed by atoms with van der Waals surface area (Å²) in [5.41, 5.74) is 10.6. The Hall–Kier alpha value is -8.03. The summed E-state index contributed by atoms with van der Waals surface area (Å²) in [5.74, 6) is 1.54. The van der Waals surface area contributed by atoms with Crippen molar-refractivity contribution >= 4 is 87.6 Å². The molecule has 0 N–H and O–H groups in total. The summed E-state index contributed by atoms with van der Waals surface area (Å²) in [6.45, 7) is 0. The van der Waals surface area contributed by atoms with Crippen LogP contribution in [0.2, 0.25) is 0 Å². The Morgan fingerprint density at radius 1 is 0.328 bits per heavy atom. The van der Waals surface area contributed by atoms with Gasteiger partial charge in [-0.2, -0.15) is 9.97 Å². The molecule has 0 bridgehead atoms. The first-order valence-corrected chi connectivity index (χ1v) is 19.3. The van der Waals surface area contributed by atoms with Gasteiger partial charge < -0.3 is 13.3 Å². The Morgan fingerprint density at radius 3 is 1.78 bits per heavy atom. The molecule has 0 saturated carbocycles. The molecule has 0 unspecified atom stereocenters. The second kappa shape index (κ2) is 11.7. The van der Waals surface area contributed by atoms with Crippen molar-refractivity contribution in [1.82, 2.24) is 19.5 Å². The third-order valence-electron chi connectivity index (χ3n) is 11.5. The van der Waals surface area contributed by atoms with Crippen LogP contribution in [0.1, 0.15) is 0 Å². The molecule has 0 amide bonds. The second-order valence-electron chi connectivity index (χ2n) is 14.7. The van der Waals surface area contributed by atoms with Crippen LogP contribution < -0.4 is 0 Å². The molecule has 0 radical (unpaired) electrons. The minimum Gasteiger partial charge on any atom is -0.456 e. The maximum atomic E-state index is 6.57. The Balaban J connectivity index is 1.09. The van der Waals surface area contributed by atoms with E-state index >= 15 is 0 Å².